The van der Waals surface area contributed by atoms with E-state index in [1.807, 2.05) is 42.2 Å². The van der Waals surface area contributed by atoms with Gasteiger partial charge in [0.05, 0.1) is 17.1 Å². The molecule has 0 spiro atoms. The smallest absolute Gasteiger partial charge is 0.221 e. The number of carbonyl (C=O) groups is 1. The van der Waals surface area contributed by atoms with E-state index in [0.29, 0.717) is 6.04 Å². The van der Waals surface area contributed by atoms with Crippen LogP contribution in [0, 0.1) is 0 Å². The number of hydrogen-bond acceptors (Lipinski definition) is 5. The Hall–Kier alpha value is -3.61. The van der Waals surface area contributed by atoms with Crippen molar-refractivity contribution in [1.82, 2.24) is 9.88 Å². The van der Waals surface area contributed by atoms with E-state index in [1.165, 1.54) is 21.2 Å². The molecule has 1 aromatic heterocycles. The van der Waals surface area contributed by atoms with E-state index in [4.69, 9.17) is 0 Å². The number of pyridine rings is 1. The minimum absolute atomic E-state index is 0.0609. The number of aromatic nitrogens is 1. The first-order valence-corrected chi connectivity index (χ1v) is 13.7. The SMILES string of the molecule is CC(=O)Nc1ccccc1-c1ccc2c(c1)Sc1ccccc1N2C1CCN(Cc2ccccn2)CC1. The molecule has 0 unspecified atom stereocenters. The summed E-state index contributed by atoms with van der Waals surface area (Å²) < 4.78 is 0. The van der Waals surface area contributed by atoms with Gasteiger partial charge in [0, 0.05) is 59.8 Å². The number of piperidine rings is 1. The second-order valence-electron chi connectivity index (χ2n) is 9.68. The summed E-state index contributed by atoms with van der Waals surface area (Å²) in [6.07, 6.45) is 4.10. The van der Waals surface area contributed by atoms with Crippen molar-refractivity contribution >= 4 is 34.7 Å². The zero-order chi connectivity index (χ0) is 25.2. The predicted molar refractivity (Wildman–Crippen MR) is 151 cm³/mol. The lowest BCUT2D eigenvalue weighted by Gasteiger charge is -2.43. The molecule has 37 heavy (non-hydrogen) atoms. The van der Waals surface area contributed by atoms with Crippen LogP contribution in [0.5, 0.6) is 0 Å². The van der Waals surface area contributed by atoms with Gasteiger partial charge in [0.15, 0.2) is 0 Å². The second kappa shape index (κ2) is 10.4. The van der Waals surface area contributed by atoms with Gasteiger partial charge in [-0.25, -0.2) is 0 Å². The molecule has 6 rings (SSSR count). The Kier molecular flexibility index (Phi) is 6.68. The van der Waals surface area contributed by atoms with Crippen LogP contribution in [0.25, 0.3) is 11.1 Å². The lowest BCUT2D eigenvalue weighted by molar-refractivity contribution is -0.114. The number of carbonyl (C=O) groups excluding carboxylic acids is 1. The minimum Gasteiger partial charge on any atom is -0.336 e. The van der Waals surface area contributed by atoms with Crippen LogP contribution in [0.1, 0.15) is 25.5 Å². The Morgan fingerprint density at radius 2 is 1.68 bits per heavy atom. The number of hydrogen-bond donors (Lipinski definition) is 1. The number of nitrogens with zero attached hydrogens (tertiary/aromatic N) is 3. The third-order valence-corrected chi connectivity index (χ3v) is 8.26. The van der Waals surface area contributed by atoms with Crippen molar-refractivity contribution < 1.29 is 4.79 Å². The highest BCUT2D eigenvalue weighted by molar-refractivity contribution is 7.99. The number of benzene rings is 3. The van der Waals surface area contributed by atoms with Crippen molar-refractivity contribution in [3.05, 3.63) is 96.8 Å². The topological polar surface area (TPSA) is 48.5 Å². The first-order chi connectivity index (χ1) is 18.2. The number of anilines is 3. The fraction of sp³-hybridized carbons (Fsp3) is 0.226. The zero-order valence-corrected chi connectivity index (χ0v) is 21.7. The zero-order valence-electron chi connectivity index (χ0n) is 20.9. The summed E-state index contributed by atoms with van der Waals surface area (Å²) in [5.74, 6) is -0.0609. The molecule has 2 aliphatic heterocycles. The van der Waals surface area contributed by atoms with Crippen molar-refractivity contribution in [2.75, 3.05) is 23.3 Å². The van der Waals surface area contributed by atoms with Gasteiger partial charge in [-0.1, -0.05) is 54.2 Å². The number of fused-ring (bicyclic) bond motifs is 2. The molecule has 1 fully saturated rings. The first kappa shape index (κ1) is 23.8. The Bertz CT molecular complexity index is 1420. The van der Waals surface area contributed by atoms with Crippen molar-refractivity contribution in [3.8, 4) is 11.1 Å². The lowest BCUT2D eigenvalue weighted by Crippen LogP contribution is -2.43. The average Bonchev–Trinajstić information content (AvgIpc) is 2.92. The summed E-state index contributed by atoms with van der Waals surface area (Å²) in [7, 11) is 0. The Morgan fingerprint density at radius 3 is 2.49 bits per heavy atom. The van der Waals surface area contributed by atoms with Gasteiger partial charge in [-0.2, -0.15) is 0 Å². The van der Waals surface area contributed by atoms with Crippen molar-refractivity contribution in [2.45, 2.75) is 42.1 Å². The van der Waals surface area contributed by atoms with Crippen molar-refractivity contribution in [2.24, 2.45) is 0 Å². The minimum atomic E-state index is -0.0609. The van der Waals surface area contributed by atoms with Crippen LogP contribution in [0.3, 0.4) is 0 Å². The lowest BCUT2D eigenvalue weighted by atomic mass is 9.99. The predicted octanol–water partition coefficient (Wildman–Crippen LogP) is 6.97. The van der Waals surface area contributed by atoms with E-state index < -0.39 is 0 Å². The third kappa shape index (κ3) is 4.99. The molecule has 2 aliphatic rings. The molecule has 4 aromatic rings. The van der Waals surface area contributed by atoms with Gasteiger partial charge in [0.25, 0.3) is 0 Å². The molecular formula is C31H30N4OS. The van der Waals surface area contributed by atoms with Crippen LogP contribution in [-0.4, -0.2) is 34.9 Å². The molecule has 3 aromatic carbocycles. The largest absolute Gasteiger partial charge is 0.336 e. The highest BCUT2D eigenvalue weighted by Gasteiger charge is 2.32. The Balaban J connectivity index is 1.29. The maximum Gasteiger partial charge on any atom is 0.221 e. The molecule has 0 bridgehead atoms. The molecule has 6 heteroatoms. The molecule has 0 aliphatic carbocycles. The summed E-state index contributed by atoms with van der Waals surface area (Å²) in [5.41, 5.74) is 6.70. The monoisotopic (exact) mass is 506 g/mol. The molecule has 1 N–H and O–H groups in total. The van der Waals surface area contributed by atoms with E-state index in [0.717, 1.165) is 55.0 Å². The summed E-state index contributed by atoms with van der Waals surface area (Å²) in [4.78, 5) is 23.9. The standard InChI is InChI=1S/C31H30N4OS/c1-22(36)33-27-10-3-2-9-26(27)23-13-14-29-31(20-23)37-30-12-5-4-11-28(30)35(29)25-15-18-34(19-16-25)21-24-8-6-7-17-32-24/h2-14,17,20,25H,15-16,18-19,21H2,1H3,(H,33,36). The number of rotatable bonds is 5. The highest BCUT2D eigenvalue weighted by atomic mass is 32.2. The van der Waals surface area contributed by atoms with E-state index in [2.05, 4.69) is 80.8 Å². The van der Waals surface area contributed by atoms with E-state index in [-0.39, 0.29) is 5.91 Å². The first-order valence-electron chi connectivity index (χ1n) is 12.8. The van der Waals surface area contributed by atoms with Crippen LogP contribution < -0.4 is 10.2 Å². The van der Waals surface area contributed by atoms with Gasteiger partial charge < -0.3 is 10.2 Å². The molecule has 186 valence electrons. The van der Waals surface area contributed by atoms with Gasteiger partial charge in [0.2, 0.25) is 5.91 Å². The van der Waals surface area contributed by atoms with Crippen LogP contribution in [0.15, 0.2) is 101 Å². The quantitative estimate of drug-likeness (QED) is 0.317. The highest BCUT2D eigenvalue weighted by Crippen LogP contribution is 2.51. The van der Waals surface area contributed by atoms with E-state index in [9.17, 15) is 4.79 Å². The van der Waals surface area contributed by atoms with Gasteiger partial charge >= 0.3 is 0 Å². The summed E-state index contributed by atoms with van der Waals surface area (Å²) >= 11 is 1.83. The van der Waals surface area contributed by atoms with Crippen LogP contribution in [-0.2, 0) is 11.3 Å². The Morgan fingerprint density at radius 1 is 0.919 bits per heavy atom. The summed E-state index contributed by atoms with van der Waals surface area (Å²) in [6, 6.07) is 30.1. The van der Waals surface area contributed by atoms with Gasteiger partial charge in [-0.15, -0.1) is 0 Å². The maximum atomic E-state index is 11.8. The van der Waals surface area contributed by atoms with Gasteiger partial charge in [-0.05, 0) is 60.9 Å². The van der Waals surface area contributed by atoms with Crippen LogP contribution in [0.2, 0.25) is 0 Å². The van der Waals surface area contributed by atoms with Crippen LogP contribution >= 0.6 is 11.8 Å². The van der Waals surface area contributed by atoms with Gasteiger partial charge in [-0.3, -0.25) is 14.7 Å². The Labute approximate surface area is 222 Å². The second-order valence-corrected chi connectivity index (χ2v) is 10.8. The molecule has 0 atom stereocenters. The molecule has 3 heterocycles. The summed E-state index contributed by atoms with van der Waals surface area (Å²) in [6.45, 7) is 4.58. The van der Waals surface area contributed by atoms with Gasteiger partial charge in [0.1, 0.15) is 0 Å². The van der Waals surface area contributed by atoms with Crippen molar-refractivity contribution in [1.29, 1.82) is 0 Å². The van der Waals surface area contributed by atoms with E-state index in [1.54, 1.807) is 6.92 Å². The summed E-state index contributed by atoms with van der Waals surface area (Å²) in [5, 5.41) is 2.98. The molecule has 0 radical (unpaired) electrons. The fourth-order valence-corrected chi connectivity index (χ4v) is 6.55. The molecule has 1 amide bonds. The normalized spacial score (nSPS) is 15.6. The number of likely N-dealkylation sites (tertiary alicyclic amines) is 1. The van der Waals surface area contributed by atoms with E-state index >= 15 is 0 Å². The number of para-hydroxylation sites is 2. The maximum absolute atomic E-state index is 11.8. The molecule has 1 saturated heterocycles. The fourth-order valence-electron chi connectivity index (χ4n) is 5.44. The molecular weight excluding hydrogens is 476 g/mol. The molecule has 0 saturated carbocycles. The average molecular weight is 507 g/mol. The molecule has 5 nitrogen and oxygen atoms in total. The van der Waals surface area contributed by atoms with Crippen LogP contribution in [0.4, 0.5) is 17.1 Å². The number of amides is 1. The third-order valence-electron chi connectivity index (χ3n) is 7.15. The number of nitrogens with one attached hydrogen (secondary N) is 1. The van der Waals surface area contributed by atoms with Crippen molar-refractivity contribution in [3.63, 3.8) is 0 Å².